The third-order valence-electron chi connectivity index (χ3n) is 3.77. The van der Waals surface area contributed by atoms with Crippen molar-refractivity contribution in [3.8, 4) is 0 Å². The number of nitrogen functional groups attached to an aromatic ring is 1. The maximum atomic E-state index is 12.0. The molecule has 2 rings (SSSR count). The van der Waals surface area contributed by atoms with E-state index in [0.717, 1.165) is 19.3 Å². The van der Waals surface area contributed by atoms with E-state index in [4.69, 9.17) is 10.5 Å². The first-order valence-corrected chi connectivity index (χ1v) is 8.64. The van der Waals surface area contributed by atoms with Gasteiger partial charge in [-0.15, -0.1) is 0 Å². The van der Waals surface area contributed by atoms with Crippen molar-refractivity contribution in [3.05, 3.63) is 18.2 Å². The fourth-order valence-electron chi connectivity index (χ4n) is 2.67. The smallest absolute Gasteiger partial charge is 0.240 e. The summed E-state index contributed by atoms with van der Waals surface area (Å²) in [4.78, 5) is 0.216. The molecule has 4 N–H and O–H groups in total. The first-order chi connectivity index (χ1) is 9.97. The van der Waals surface area contributed by atoms with Gasteiger partial charge in [-0.05, 0) is 37.5 Å². The Morgan fingerprint density at radius 2 is 2.14 bits per heavy atom. The second-order valence-corrected chi connectivity index (χ2v) is 6.97. The molecule has 0 aliphatic heterocycles. The second kappa shape index (κ2) is 6.64. The largest absolute Gasteiger partial charge is 0.397 e. The molecule has 1 saturated carbocycles. The van der Waals surface area contributed by atoms with Gasteiger partial charge in [0.05, 0.1) is 28.4 Å². The molecular formula is C14H23N3O3S. The van der Waals surface area contributed by atoms with E-state index in [0.29, 0.717) is 17.9 Å². The topological polar surface area (TPSA) is 93.5 Å². The molecule has 1 aromatic rings. The molecule has 7 heteroatoms. The minimum atomic E-state index is -3.48. The summed E-state index contributed by atoms with van der Waals surface area (Å²) in [6.45, 7) is 2.10. The lowest BCUT2D eigenvalue weighted by Crippen LogP contribution is -2.30. The van der Waals surface area contributed by atoms with E-state index < -0.39 is 10.0 Å². The number of nitrogens with one attached hydrogen (secondary N) is 2. The van der Waals surface area contributed by atoms with Gasteiger partial charge < -0.3 is 15.8 Å². The maximum Gasteiger partial charge on any atom is 0.240 e. The molecule has 0 amide bonds. The summed E-state index contributed by atoms with van der Waals surface area (Å²) in [7, 11) is -1.78. The highest BCUT2D eigenvalue weighted by Gasteiger charge is 2.27. The average molecular weight is 313 g/mol. The van der Waals surface area contributed by atoms with Crippen molar-refractivity contribution < 1.29 is 13.2 Å². The number of anilines is 2. The van der Waals surface area contributed by atoms with Crippen molar-refractivity contribution >= 4 is 21.4 Å². The fraction of sp³-hybridized carbons (Fsp3) is 0.571. The Kier molecular flexibility index (Phi) is 5.08. The van der Waals surface area contributed by atoms with Gasteiger partial charge in [0.1, 0.15) is 0 Å². The third kappa shape index (κ3) is 3.66. The van der Waals surface area contributed by atoms with Gasteiger partial charge in [0.15, 0.2) is 0 Å². The molecule has 0 bridgehead atoms. The van der Waals surface area contributed by atoms with E-state index in [2.05, 4.69) is 10.0 Å². The zero-order chi connectivity index (χ0) is 15.5. The molecule has 21 heavy (non-hydrogen) atoms. The summed E-state index contributed by atoms with van der Waals surface area (Å²) < 4.78 is 32.0. The van der Waals surface area contributed by atoms with E-state index >= 15 is 0 Å². The van der Waals surface area contributed by atoms with Gasteiger partial charge in [-0.2, -0.15) is 0 Å². The minimum absolute atomic E-state index is 0.137. The van der Waals surface area contributed by atoms with E-state index in [1.54, 1.807) is 26.2 Å². The normalized spacial score (nSPS) is 22.4. The van der Waals surface area contributed by atoms with Crippen LogP contribution in [-0.4, -0.2) is 34.2 Å². The first-order valence-electron chi connectivity index (χ1n) is 7.16. The summed E-state index contributed by atoms with van der Waals surface area (Å²) >= 11 is 0. The van der Waals surface area contributed by atoms with Gasteiger partial charge in [0.25, 0.3) is 0 Å². The Labute approximate surface area is 126 Å². The first kappa shape index (κ1) is 16.1. The van der Waals surface area contributed by atoms with Crippen LogP contribution in [-0.2, 0) is 14.8 Å². The fourth-order valence-corrected chi connectivity index (χ4v) is 3.74. The highest BCUT2D eigenvalue weighted by Crippen LogP contribution is 2.29. The number of rotatable bonds is 6. The van der Waals surface area contributed by atoms with Crippen LogP contribution in [0.2, 0.25) is 0 Å². The van der Waals surface area contributed by atoms with Crippen LogP contribution >= 0.6 is 0 Å². The van der Waals surface area contributed by atoms with Crippen molar-refractivity contribution in [1.29, 1.82) is 0 Å². The van der Waals surface area contributed by atoms with Gasteiger partial charge in [0.2, 0.25) is 10.0 Å². The van der Waals surface area contributed by atoms with Crippen LogP contribution in [0.15, 0.2) is 23.1 Å². The molecule has 1 aromatic carbocycles. The molecule has 0 aromatic heterocycles. The van der Waals surface area contributed by atoms with Gasteiger partial charge in [-0.3, -0.25) is 0 Å². The van der Waals surface area contributed by atoms with Crippen LogP contribution in [0.1, 0.15) is 26.2 Å². The zero-order valence-electron chi connectivity index (χ0n) is 12.4. The van der Waals surface area contributed by atoms with Crippen molar-refractivity contribution in [1.82, 2.24) is 4.72 Å². The second-order valence-electron chi connectivity index (χ2n) is 5.21. The van der Waals surface area contributed by atoms with Crippen LogP contribution in [0.3, 0.4) is 0 Å². The average Bonchev–Trinajstić information content (AvgIpc) is 2.88. The molecule has 1 aliphatic carbocycles. The standard InChI is InChI=1S/C14H23N3O3S/c1-3-16-21(18,19)10-7-8-11(15)13(9-10)17-12-5-4-6-14(12)20-2/h7-9,12,14,16-17H,3-6,15H2,1-2H3. The Morgan fingerprint density at radius 3 is 2.81 bits per heavy atom. The summed E-state index contributed by atoms with van der Waals surface area (Å²) in [6, 6.07) is 4.87. The number of benzene rings is 1. The molecule has 1 aliphatic rings. The van der Waals surface area contributed by atoms with Gasteiger partial charge >= 0.3 is 0 Å². The predicted octanol–water partition coefficient (Wildman–Crippen LogP) is 1.55. The van der Waals surface area contributed by atoms with Crippen LogP contribution < -0.4 is 15.8 Å². The number of hydrogen-bond donors (Lipinski definition) is 3. The summed E-state index contributed by atoms with van der Waals surface area (Å²) in [5.41, 5.74) is 7.13. The molecule has 2 unspecified atom stereocenters. The molecule has 0 spiro atoms. The highest BCUT2D eigenvalue weighted by molar-refractivity contribution is 7.89. The van der Waals surface area contributed by atoms with Gasteiger partial charge in [-0.25, -0.2) is 13.1 Å². The molecule has 118 valence electrons. The molecule has 0 saturated heterocycles. The van der Waals surface area contributed by atoms with Crippen LogP contribution in [0.25, 0.3) is 0 Å². The van der Waals surface area contributed by atoms with E-state index in [-0.39, 0.29) is 17.0 Å². The number of methoxy groups -OCH3 is 1. The highest BCUT2D eigenvalue weighted by atomic mass is 32.2. The van der Waals surface area contributed by atoms with E-state index in [1.165, 1.54) is 6.07 Å². The Bertz CT molecular complexity index is 589. The Hall–Kier alpha value is -1.31. The quantitative estimate of drug-likeness (QED) is 0.693. The molecule has 0 radical (unpaired) electrons. The van der Waals surface area contributed by atoms with Gasteiger partial charge in [0, 0.05) is 13.7 Å². The lowest BCUT2D eigenvalue weighted by Gasteiger charge is -2.22. The monoisotopic (exact) mass is 313 g/mol. The van der Waals surface area contributed by atoms with Gasteiger partial charge in [-0.1, -0.05) is 6.92 Å². The third-order valence-corrected chi connectivity index (χ3v) is 5.31. The SMILES string of the molecule is CCNS(=O)(=O)c1ccc(N)c(NC2CCCC2OC)c1. The molecular weight excluding hydrogens is 290 g/mol. The lowest BCUT2D eigenvalue weighted by molar-refractivity contribution is 0.101. The van der Waals surface area contributed by atoms with Crippen molar-refractivity contribution in [2.75, 3.05) is 24.7 Å². The molecule has 6 nitrogen and oxygen atoms in total. The van der Waals surface area contributed by atoms with Crippen LogP contribution in [0.5, 0.6) is 0 Å². The minimum Gasteiger partial charge on any atom is -0.397 e. The summed E-state index contributed by atoms with van der Waals surface area (Å²) in [6.07, 6.45) is 3.22. The van der Waals surface area contributed by atoms with Crippen LogP contribution in [0, 0.1) is 0 Å². The maximum absolute atomic E-state index is 12.0. The van der Waals surface area contributed by atoms with E-state index in [1.807, 2.05) is 0 Å². The van der Waals surface area contributed by atoms with Crippen molar-refractivity contribution in [2.45, 2.75) is 43.2 Å². The summed E-state index contributed by atoms with van der Waals surface area (Å²) in [5.74, 6) is 0. The lowest BCUT2D eigenvalue weighted by atomic mass is 10.2. The number of sulfonamides is 1. The predicted molar refractivity (Wildman–Crippen MR) is 83.8 cm³/mol. The van der Waals surface area contributed by atoms with Crippen LogP contribution in [0.4, 0.5) is 11.4 Å². The van der Waals surface area contributed by atoms with Crippen molar-refractivity contribution in [3.63, 3.8) is 0 Å². The van der Waals surface area contributed by atoms with Crippen molar-refractivity contribution in [2.24, 2.45) is 0 Å². The van der Waals surface area contributed by atoms with E-state index in [9.17, 15) is 8.42 Å². The Balaban J connectivity index is 2.23. The summed E-state index contributed by atoms with van der Waals surface area (Å²) in [5, 5.41) is 3.32. The molecule has 0 heterocycles. The number of nitrogens with two attached hydrogens (primary N) is 1. The Morgan fingerprint density at radius 1 is 1.38 bits per heavy atom. The number of ether oxygens (including phenoxy) is 1. The number of hydrogen-bond acceptors (Lipinski definition) is 5. The molecule has 1 fully saturated rings. The zero-order valence-corrected chi connectivity index (χ0v) is 13.2. The molecule has 2 atom stereocenters.